The molecule has 13 heavy (non-hydrogen) atoms. The van der Waals surface area contributed by atoms with E-state index in [-0.39, 0.29) is 11.4 Å². The second-order valence-electron chi connectivity index (χ2n) is 2.35. The summed E-state index contributed by atoms with van der Waals surface area (Å²) in [7, 11) is 1.22. The molecule has 1 rings (SSSR count). The summed E-state index contributed by atoms with van der Waals surface area (Å²) in [5.74, 6) is -0.654. The zero-order chi connectivity index (χ0) is 9.84. The van der Waals surface area contributed by atoms with E-state index in [2.05, 4.69) is 14.7 Å². The van der Waals surface area contributed by atoms with Gasteiger partial charge >= 0.3 is 5.97 Å². The Hall–Kier alpha value is -1.78. The third-order valence-electron chi connectivity index (χ3n) is 1.41. The molecule has 1 aromatic heterocycles. The Balaban J connectivity index is 3.23. The molecule has 0 atom stereocenters. The fourth-order valence-corrected chi connectivity index (χ4v) is 0.820. The van der Waals surface area contributed by atoms with Gasteiger partial charge in [0.2, 0.25) is 0 Å². The summed E-state index contributed by atoms with van der Waals surface area (Å²) in [6.07, 6.45) is 1.88. The first-order chi connectivity index (χ1) is 6.19. The third-order valence-corrected chi connectivity index (χ3v) is 1.41. The second-order valence-corrected chi connectivity index (χ2v) is 2.35. The van der Waals surface area contributed by atoms with Crippen molar-refractivity contribution in [2.75, 3.05) is 7.11 Å². The molecule has 0 aliphatic rings. The van der Waals surface area contributed by atoms with Crippen LogP contribution >= 0.6 is 0 Å². The highest BCUT2D eigenvalue weighted by Crippen LogP contribution is 2.02. The summed E-state index contributed by atoms with van der Waals surface area (Å²) in [6, 6.07) is 0. The Morgan fingerprint density at radius 2 is 2.31 bits per heavy atom. The summed E-state index contributed by atoms with van der Waals surface area (Å²) in [4.78, 5) is 29.1. The molecule has 0 aliphatic heterocycles. The lowest BCUT2D eigenvalue weighted by Crippen LogP contribution is -2.10. The van der Waals surface area contributed by atoms with Gasteiger partial charge in [0.05, 0.1) is 12.8 Å². The van der Waals surface area contributed by atoms with Crippen LogP contribution in [0.1, 0.15) is 26.7 Å². The van der Waals surface area contributed by atoms with Crippen LogP contribution in [0.25, 0.3) is 0 Å². The molecular formula is C8H8N2O3. The van der Waals surface area contributed by atoms with Crippen LogP contribution in [0.3, 0.4) is 0 Å². The summed E-state index contributed by atoms with van der Waals surface area (Å²) in [5, 5.41) is 0. The highest BCUT2D eigenvalue weighted by Gasteiger charge is 2.14. The normalized spacial score (nSPS) is 9.38. The fraction of sp³-hybridized carbons (Fsp3) is 0.250. The zero-order valence-electron chi connectivity index (χ0n) is 7.27. The molecule has 0 N–H and O–H groups in total. The van der Waals surface area contributed by atoms with E-state index in [1.54, 1.807) is 6.92 Å². The molecule has 1 aromatic rings. The fourth-order valence-electron chi connectivity index (χ4n) is 0.820. The number of nitrogens with zero attached hydrogens (tertiary/aromatic N) is 2. The van der Waals surface area contributed by atoms with Gasteiger partial charge in [-0.15, -0.1) is 0 Å². The maximum Gasteiger partial charge on any atom is 0.359 e. The van der Waals surface area contributed by atoms with Crippen molar-refractivity contribution in [3.05, 3.63) is 23.3 Å². The number of hydrogen-bond acceptors (Lipinski definition) is 5. The Labute approximate surface area is 74.8 Å². The SMILES string of the molecule is COC(=O)c1nc(C)cnc1C=O. The summed E-state index contributed by atoms with van der Waals surface area (Å²) in [6.45, 7) is 1.67. The lowest BCUT2D eigenvalue weighted by molar-refractivity contribution is 0.0590. The van der Waals surface area contributed by atoms with E-state index < -0.39 is 5.97 Å². The lowest BCUT2D eigenvalue weighted by Gasteiger charge is -2.00. The monoisotopic (exact) mass is 180 g/mol. The predicted octanol–water partition coefficient (Wildman–Crippen LogP) is 0.384. The quantitative estimate of drug-likeness (QED) is 0.486. The summed E-state index contributed by atoms with van der Waals surface area (Å²) in [5.41, 5.74) is 0.515. The first kappa shape index (κ1) is 9.31. The van der Waals surface area contributed by atoms with Gasteiger partial charge in [0.25, 0.3) is 0 Å². The van der Waals surface area contributed by atoms with Crippen molar-refractivity contribution in [1.82, 2.24) is 9.97 Å². The molecule has 0 unspecified atom stereocenters. The number of hydrogen-bond donors (Lipinski definition) is 0. The highest BCUT2D eigenvalue weighted by atomic mass is 16.5. The number of aromatic nitrogens is 2. The van der Waals surface area contributed by atoms with Crippen LogP contribution in [-0.4, -0.2) is 29.3 Å². The molecule has 5 heteroatoms. The number of aryl methyl sites for hydroxylation is 1. The van der Waals surface area contributed by atoms with Crippen LogP contribution in [0, 0.1) is 6.92 Å². The number of rotatable bonds is 2. The number of carbonyl (C=O) groups excluding carboxylic acids is 2. The molecular weight excluding hydrogens is 172 g/mol. The molecule has 0 aromatic carbocycles. The van der Waals surface area contributed by atoms with Crippen LogP contribution in [0.4, 0.5) is 0 Å². The van der Waals surface area contributed by atoms with E-state index in [0.29, 0.717) is 12.0 Å². The van der Waals surface area contributed by atoms with Crippen molar-refractivity contribution in [3.8, 4) is 0 Å². The Kier molecular flexibility index (Phi) is 2.69. The molecule has 0 aliphatic carbocycles. The molecule has 0 amide bonds. The van der Waals surface area contributed by atoms with Gasteiger partial charge in [0.15, 0.2) is 12.0 Å². The molecule has 0 bridgehead atoms. The van der Waals surface area contributed by atoms with Gasteiger partial charge < -0.3 is 4.74 Å². The van der Waals surface area contributed by atoms with E-state index in [4.69, 9.17) is 0 Å². The minimum absolute atomic E-state index is 0.00236. The second kappa shape index (κ2) is 3.75. The summed E-state index contributed by atoms with van der Waals surface area (Å²) >= 11 is 0. The Morgan fingerprint density at radius 3 is 2.85 bits per heavy atom. The first-order valence-corrected chi connectivity index (χ1v) is 3.56. The van der Waals surface area contributed by atoms with Crippen LogP contribution in [0.5, 0.6) is 0 Å². The third kappa shape index (κ3) is 1.87. The molecule has 68 valence electrons. The number of carbonyl (C=O) groups is 2. The van der Waals surface area contributed by atoms with Crippen molar-refractivity contribution in [1.29, 1.82) is 0 Å². The Morgan fingerprint density at radius 1 is 1.62 bits per heavy atom. The van der Waals surface area contributed by atoms with Crippen LogP contribution in [0.15, 0.2) is 6.20 Å². The van der Waals surface area contributed by atoms with E-state index >= 15 is 0 Å². The Bertz CT molecular complexity index is 349. The smallest absolute Gasteiger partial charge is 0.359 e. The maximum absolute atomic E-state index is 11.1. The van der Waals surface area contributed by atoms with Gasteiger partial charge in [-0.2, -0.15) is 0 Å². The van der Waals surface area contributed by atoms with Crippen molar-refractivity contribution < 1.29 is 14.3 Å². The number of aldehydes is 1. The maximum atomic E-state index is 11.1. The average molecular weight is 180 g/mol. The zero-order valence-corrected chi connectivity index (χ0v) is 7.27. The number of ether oxygens (including phenoxy) is 1. The van der Waals surface area contributed by atoms with E-state index in [1.165, 1.54) is 13.3 Å². The summed E-state index contributed by atoms with van der Waals surface area (Å²) < 4.78 is 4.43. The van der Waals surface area contributed by atoms with Gasteiger partial charge in [-0.05, 0) is 6.92 Å². The van der Waals surface area contributed by atoms with Crippen LogP contribution < -0.4 is 0 Å². The van der Waals surface area contributed by atoms with Crippen molar-refractivity contribution >= 4 is 12.3 Å². The van der Waals surface area contributed by atoms with E-state index in [0.717, 1.165) is 0 Å². The van der Waals surface area contributed by atoms with Crippen molar-refractivity contribution in [2.45, 2.75) is 6.92 Å². The van der Waals surface area contributed by atoms with Gasteiger partial charge in [-0.1, -0.05) is 0 Å². The van der Waals surface area contributed by atoms with Gasteiger partial charge in [0, 0.05) is 6.20 Å². The minimum atomic E-state index is -0.654. The minimum Gasteiger partial charge on any atom is -0.464 e. The van der Waals surface area contributed by atoms with Crippen LogP contribution in [0.2, 0.25) is 0 Å². The van der Waals surface area contributed by atoms with E-state index in [9.17, 15) is 9.59 Å². The van der Waals surface area contributed by atoms with Crippen molar-refractivity contribution in [3.63, 3.8) is 0 Å². The molecule has 1 heterocycles. The number of methoxy groups -OCH3 is 1. The average Bonchev–Trinajstić information content (AvgIpc) is 2.16. The van der Waals surface area contributed by atoms with Gasteiger partial charge in [-0.25, -0.2) is 14.8 Å². The van der Waals surface area contributed by atoms with Gasteiger partial charge in [-0.3, -0.25) is 4.79 Å². The van der Waals surface area contributed by atoms with Gasteiger partial charge in [0.1, 0.15) is 5.69 Å². The first-order valence-electron chi connectivity index (χ1n) is 3.56. The van der Waals surface area contributed by atoms with Crippen LogP contribution in [-0.2, 0) is 4.74 Å². The highest BCUT2D eigenvalue weighted by molar-refractivity contribution is 5.94. The lowest BCUT2D eigenvalue weighted by atomic mass is 10.3. The standard InChI is InChI=1S/C8H8N2O3/c1-5-3-9-6(4-11)7(10-5)8(12)13-2/h3-4H,1-2H3. The van der Waals surface area contributed by atoms with E-state index in [1.807, 2.05) is 0 Å². The molecule has 0 fully saturated rings. The molecule has 0 radical (unpaired) electrons. The molecule has 5 nitrogen and oxygen atoms in total. The predicted molar refractivity (Wildman–Crippen MR) is 43.5 cm³/mol. The topological polar surface area (TPSA) is 69.2 Å². The largest absolute Gasteiger partial charge is 0.464 e. The molecule has 0 saturated carbocycles. The molecule has 0 saturated heterocycles. The number of esters is 1. The van der Waals surface area contributed by atoms with Crippen molar-refractivity contribution in [2.24, 2.45) is 0 Å². The molecule has 0 spiro atoms.